The molecule has 0 aromatic heterocycles. The van der Waals surface area contributed by atoms with Gasteiger partial charge in [0.15, 0.2) is 11.5 Å². The number of benzene rings is 2. The molecule has 0 spiro atoms. The Hall–Kier alpha value is -1.62. The van der Waals surface area contributed by atoms with Gasteiger partial charge in [0.25, 0.3) is 0 Å². The molecule has 0 bridgehead atoms. The number of hydrogen-bond acceptors (Lipinski definition) is 2. The largest absolute Gasteiger partial charge is 0.493 e. The standard InChI is InChI=1S/C15H13BrF2O2/c1-19-13-7-11(12(18)8-14(13)20-2)15(16)9-4-3-5-10(17)6-9/h3-8,15H,1-2H3. The van der Waals surface area contributed by atoms with Crippen LogP contribution in [0.15, 0.2) is 36.4 Å². The van der Waals surface area contributed by atoms with Crippen molar-refractivity contribution in [3.8, 4) is 11.5 Å². The van der Waals surface area contributed by atoms with E-state index in [2.05, 4.69) is 15.9 Å². The molecule has 2 aromatic carbocycles. The zero-order valence-corrected chi connectivity index (χ0v) is 12.6. The molecule has 0 radical (unpaired) electrons. The summed E-state index contributed by atoms with van der Waals surface area (Å²) in [5, 5.41) is 0. The van der Waals surface area contributed by atoms with E-state index in [0.717, 1.165) is 0 Å². The monoisotopic (exact) mass is 342 g/mol. The molecule has 0 aliphatic carbocycles. The summed E-state index contributed by atoms with van der Waals surface area (Å²) in [4.78, 5) is -0.474. The van der Waals surface area contributed by atoms with E-state index in [1.165, 1.54) is 32.4 Å². The second-order valence-corrected chi connectivity index (χ2v) is 5.06. The molecule has 0 fully saturated rings. The minimum absolute atomic E-state index is 0.313. The van der Waals surface area contributed by atoms with Crippen LogP contribution in [-0.4, -0.2) is 14.2 Å². The van der Waals surface area contributed by atoms with Crippen LogP contribution in [0.4, 0.5) is 8.78 Å². The SMILES string of the molecule is COc1cc(F)c(C(Br)c2cccc(F)c2)cc1OC. The highest BCUT2D eigenvalue weighted by Crippen LogP contribution is 2.38. The third-order valence-electron chi connectivity index (χ3n) is 2.92. The summed E-state index contributed by atoms with van der Waals surface area (Å²) < 4.78 is 37.6. The Kier molecular flexibility index (Phi) is 4.60. The Bertz CT molecular complexity index is 617. The maximum atomic E-state index is 14.1. The highest BCUT2D eigenvalue weighted by Gasteiger charge is 2.19. The van der Waals surface area contributed by atoms with Crippen LogP contribution in [0.1, 0.15) is 16.0 Å². The van der Waals surface area contributed by atoms with E-state index in [1.54, 1.807) is 18.2 Å². The molecule has 2 aromatic rings. The molecular weight excluding hydrogens is 330 g/mol. The average molecular weight is 343 g/mol. The molecule has 106 valence electrons. The molecule has 1 atom stereocenters. The van der Waals surface area contributed by atoms with Gasteiger partial charge in [0.2, 0.25) is 0 Å². The van der Waals surface area contributed by atoms with Crippen molar-refractivity contribution in [3.63, 3.8) is 0 Å². The maximum Gasteiger partial charge on any atom is 0.163 e. The smallest absolute Gasteiger partial charge is 0.163 e. The van der Waals surface area contributed by atoms with Gasteiger partial charge in [-0.05, 0) is 23.8 Å². The predicted octanol–water partition coefficient (Wildman–Crippen LogP) is 4.47. The fraction of sp³-hybridized carbons (Fsp3) is 0.200. The van der Waals surface area contributed by atoms with E-state index in [4.69, 9.17) is 9.47 Å². The molecule has 0 saturated carbocycles. The average Bonchev–Trinajstić information content (AvgIpc) is 2.46. The topological polar surface area (TPSA) is 18.5 Å². The summed E-state index contributed by atoms with van der Waals surface area (Å²) in [5.41, 5.74) is 0.976. The van der Waals surface area contributed by atoms with E-state index in [-0.39, 0.29) is 5.82 Å². The van der Waals surface area contributed by atoms with Crippen molar-refractivity contribution in [2.45, 2.75) is 4.83 Å². The number of alkyl halides is 1. The van der Waals surface area contributed by atoms with Crippen LogP contribution in [0.3, 0.4) is 0 Å². The van der Waals surface area contributed by atoms with Gasteiger partial charge >= 0.3 is 0 Å². The van der Waals surface area contributed by atoms with Crippen LogP contribution in [0.5, 0.6) is 11.5 Å². The van der Waals surface area contributed by atoms with E-state index >= 15 is 0 Å². The zero-order chi connectivity index (χ0) is 14.7. The van der Waals surface area contributed by atoms with E-state index in [9.17, 15) is 8.78 Å². The minimum Gasteiger partial charge on any atom is -0.493 e. The van der Waals surface area contributed by atoms with Gasteiger partial charge < -0.3 is 9.47 Å². The van der Waals surface area contributed by atoms with Crippen molar-refractivity contribution in [1.29, 1.82) is 0 Å². The first-order valence-electron chi connectivity index (χ1n) is 5.87. The fourth-order valence-electron chi connectivity index (χ4n) is 1.91. The number of rotatable bonds is 4. The zero-order valence-electron chi connectivity index (χ0n) is 11.0. The van der Waals surface area contributed by atoms with Crippen molar-refractivity contribution in [1.82, 2.24) is 0 Å². The van der Waals surface area contributed by atoms with Gasteiger partial charge in [0.05, 0.1) is 19.0 Å². The Balaban J connectivity index is 2.46. The van der Waals surface area contributed by atoms with E-state index < -0.39 is 10.6 Å². The highest BCUT2D eigenvalue weighted by atomic mass is 79.9. The molecule has 0 aliphatic rings. The summed E-state index contributed by atoms with van der Waals surface area (Å²) in [6.45, 7) is 0. The lowest BCUT2D eigenvalue weighted by atomic mass is 10.0. The fourth-order valence-corrected chi connectivity index (χ4v) is 2.54. The molecule has 2 rings (SSSR count). The van der Waals surface area contributed by atoms with Crippen molar-refractivity contribution < 1.29 is 18.3 Å². The third-order valence-corrected chi connectivity index (χ3v) is 3.94. The van der Waals surface area contributed by atoms with Crippen LogP contribution in [-0.2, 0) is 0 Å². The van der Waals surface area contributed by atoms with Crippen molar-refractivity contribution in [3.05, 3.63) is 59.2 Å². The van der Waals surface area contributed by atoms with Gasteiger partial charge in [-0.25, -0.2) is 8.78 Å². The second-order valence-electron chi connectivity index (χ2n) is 4.15. The van der Waals surface area contributed by atoms with Crippen LogP contribution < -0.4 is 9.47 Å². The number of ether oxygens (including phenoxy) is 2. The predicted molar refractivity (Wildman–Crippen MR) is 76.7 cm³/mol. The first-order chi connectivity index (χ1) is 9.56. The van der Waals surface area contributed by atoms with Crippen molar-refractivity contribution >= 4 is 15.9 Å². The second kappa shape index (κ2) is 6.22. The molecule has 5 heteroatoms. The highest BCUT2D eigenvalue weighted by molar-refractivity contribution is 9.09. The number of hydrogen-bond donors (Lipinski definition) is 0. The Morgan fingerprint density at radius 1 is 1.00 bits per heavy atom. The van der Waals surface area contributed by atoms with E-state index in [1.807, 2.05) is 0 Å². The molecule has 0 aliphatic heterocycles. The lowest BCUT2D eigenvalue weighted by Gasteiger charge is -2.15. The van der Waals surface area contributed by atoms with Gasteiger partial charge in [-0.3, -0.25) is 0 Å². The van der Waals surface area contributed by atoms with Gasteiger partial charge in [-0.15, -0.1) is 0 Å². The minimum atomic E-state index is -0.474. The molecule has 1 unspecified atom stereocenters. The molecular formula is C15H13BrF2O2. The Labute approximate surface area is 124 Å². The summed E-state index contributed by atoms with van der Waals surface area (Å²) in [6.07, 6.45) is 0. The summed E-state index contributed by atoms with van der Waals surface area (Å²) in [6, 6.07) is 8.79. The first kappa shape index (κ1) is 14.8. The van der Waals surface area contributed by atoms with Gasteiger partial charge in [-0.2, -0.15) is 0 Å². The summed E-state index contributed by atoms with van der Waals surface area (Å²) >= 11 is 3.39. The van der Waals surface area contributed by atoms with E-state index in [0.29, 0.717) is 22.6 Å². The van der Waals surface area contributed by atoms with Crippen LogP contribution in [0.25, 0.3) is 0 Å². The normalized spacial score (nSPS) is 12.1. The van der Waals surface area contributed by atoms with Crippen molar-refractivity contribution in [2.75, 3.05) is 14.2 Å². The summed E-state index contributed by atoms with van der Waals surface area (Å²) in [7, 11) is 2.92. The third kappa shape index (κ3) is 2.93. The van der Waals surface area contributed by atoms with Crippen LogP contribution in [0.2, 0.25) is 0 Å². The summed E-state index contributed by atoms with van der Waals surface area (Å²) in [5.74, 6) is -0.0842. The van der Waals surface area contributed by atoms with Crippen molar-refractivity contribution in [2.24, 2.45) is 0 Å². The van der Waals surface area contributed by atoms with Gasteiger partial charge in [0.1, 0.15) is 11.6 Å². The number of halogens is 3. The Morgan fingerprint density at radius 3 is 2.25 bits per heavy atom. The first-order valence-corrected chi connectivity index (χ1v) is 6.79. The lowest BCUT2D eigenvalue weighted by Crippen LogP contribution is -2.00. The molecule has 0 heterocycles. The molecule has 20 heavy (non-hydrogen) atoms. The van der Waals surface area contributed by atoms with Crippen LogP contribution in [0, 0.1) is 11.6 Å². The maximum absolute atomic E-state index is 14.1. The van der Waals surface area contributed by atoms with Gasteiger partial charge in [0, 0.05) is 11.6 Å². The van der Waals surface area contributed by atoms with Gasteiger partial charge in [-0.1, -0.05) is 28.1 Å². The Morgan fingerprint density at radius 2 is 1.65 bits per heavy atom. The molecule has 0 N–H and O–H groups in total. The molecule has 0 saturated heterocycles. The van der Waals surface area contributed by atoms with Crippen LogP contribution >= 0.6 is 15.9 Å². The quantitative estimate of drug-likeness (QED) is 0.763. The lowest BCUT2D eigenvalue weighted by molar-refractivity contribution is 0.351. The molecule has 2 nitrogen and oxygen atoms in total. The number of methoxy groups -OCH3 is 2. The molecule has 0 amide bonds.